The minimum absolute atomic E-state index is 0.978. The molecule has 0 radical (unpaired) electrons. The lowest BCUT2D eigenvalue weighted by Crippen LogP contribution is -1.91. The molecule has 1 heteroatoms. The Morgan fingerprint density at radius 1 is 1.15 bits per heavy atom. The Bertz CT molecular complexity index is 272. The third-order valence-corrected chi connectivity index (χ3v) is 1.67. The first-order valence-corrected chi connectivity index (χ1v) is 4.49. The third kappa shape index (κ3) is 4.16. The number of hydrogen-bond acceptors (Lipinski definition) is 1. The van der Waals surface area contributed by atoms with Gasteiger partial charge in [0.15, 0.2) is 0 Å². The molecule has 0 spiro atoms. The topological polar surface area (TPSA) is 12.0 Å². The Labute approximate surface area is 79.8 Å². The maximum absolute atomic E-state index is 3.04. The highest BCUT2D eigenvalue weighted by Gasteiger charge is 1.83. The molecule has 0 fully saturated rings. The molecule has 0 aliphatic carbocycles. The average molecular weight is 173 g/mol. The summed E-state index contributed by atoms with van der Waals surface area (Å²) < 4.78 is 0. The minimum atomic E-state index is 0.978. The molecule has 1 nitrogen and oxygen atoms in total. The van der Waals surface area contributed by atoms with Crippen LogP contribution in [0.25, 0.3) is 0 Å². The Hall–Kier alpha value is -1.50. The molecule has 1 aromatic rings. The first kappa shape index (κ1) is 9.59. The normalized spacial score (nSPS) is 11.2. The van der Waals surface area contributed by atoms with E-state index in [1.807, 2.05) is 31.5 Å². The van der Waals surface area contributed by atoms with Crippen molar-refractivity contribution >= 4 is 0 Å². The van der Waals surface area contributed by atoms with E-state index < -0.39 is 0 Å². The molecule has 0 saturated heterocycles. The smallest absolute Gasteiger partial charge is 0.00324 e. The Morgan fingerprint density at radius 3 is 2.62 bits per heavy atom. The molecular weight excluding hydrogens is 158 g/mol. The fourth-order valence-electron chi connectivity index (χ4n) is 1.03. The van der Waals surface area contributed by atoms with Gasteiger partial charge in [-0.15, -0.1) is 0 Å². The van der Waals surface area contributed by atoms with Crippen LogP contribution in [0, 0.1) is 0 Å². The summed E-state index contributed by atoms with van der Waals surface area (Å²) in [6.45, 7) is 1.98. The lowest BCUT2D eigenvalue weighted by atomic mass is 10.1. The van der Waals surface area contributed by atoms with Gasteiger partial charge in [-0.25, -0.2) is 0 Å². The molecule has 0 unspecified atom stereocenters. The molecule has 0 heterocycles. The lowest BCUT2D eigenvalue weighted by Gasteiger charge is -1.93. The quantitative estimate of drug-likeness (QED) is 0.738. The molecule has 0 aliphatic heterocycles. The number of allylic oxidation sites excluding steroid dienone is 2. The second kappa shape index (κ2) is 6.06. The van der Waals surface area contributed by atoms with Gasteiger partial charge in [-0.05, 0) is 31.3 Å². The van der Waals surface area contributed by atoms with E-state index in [-0.39, 0.29) is 0 Å². The van der Waals surface area contributed by atoms with Crippen molar-refractivity contribution in [2.45, 2.75) is 13.3 Å². The van der Waals surface area contributed by atoms with Gasteiger partial charge in [0.05, 0.1) is 0 Å². The van der Waals surface area contributed by atoms with Gasteiger partial charge < -0.3 is 5.32 Å². The molecule has 0 aliphatic rings. The van der Waals surface area contributed by atoms with Gasteiger partial charge in [0, 0.05) is 0 Å². The molecule has 1 aromatic carbocycles. The van der Waals surface area contributed by atoms with E-state index in [9.17, 15) is 0 Å². The summed E-state index contributed by atoms with van der Waals surface area (Å²) in [5, 5.41) is 3.04. The van der Waals surface area contributed by atoms with Crippen LogP contribution < -0.4 is 5.32 Å². The van der Waals surface area contributed by atoms with Crippen LogP contribution in [-0.2, 0) is 6.42 Å². The highest BCUT2D eigenvalue weighted by Crippen LogP contribution is 1.99. The lowest BCUT2D eigenvalue weighted by molar-refractivity contribution is 1.15. The highest BCUT2D eigenvalue weighted by atomic mass is 14.8. The SMILES string of the molecule is C/C=C\N/C=C/Cc1ccccc1. The van der Waals surface area contributed by atoms with Crippen LogP contribution in [0.4, 0.5) is 0 Å². The largest absolute Gasteiger partial charge is 0.368 e. The van der Waals surface area contributed by atoms with Crippen molar-refractivity contribution in [3.05, 3.63) is 60.4 Å². The minimum Gasteiger partial charge on any atom is -0.368 e. The molecule has 0 aromatic heterocycles. The summed E-state index contributed by atoms with van der Waals surface area (Å²) in [6.07, 6.45) is 8.90. The van der Waals surface area contributed by atoms with Crippen LogP contribution >= 0.6 is 0 Å². The Kier molecular flexibility index (Phi) is 4.47. The summed E-state index contributed by atoms with van der Waals surface area (Å²) in [5.74, 6) is 0. The number of nitrogens with one attached hydrogen (secondary N) is 1. The van der Waals surface area contributed by atoms with Crippen molar-refractivity contribution in [2.75, 3.05) is 0 Å². The van der Waals surface area contributed by atoms with Crippen LogP contribution in [0.1, 0.15) is 12.5 Å². The van der Waals surface area contributed by atoms with E-state index >= 15 is 0 Å². The van der Waals surface area contributed by atoms with E-state index in [1.165, 1.54) is 5.56 Å². The highest BCUT2D eigenvalue weighted by molar-refractivity contribution is 5.17. The van der Waals surface area contributed by atoms with E-state index in [0.29, 0.717) is 0 Å². The Morgan fingerprint density at radius 2 is 1.92 bits per heavy atom. The van der Waals surface area contributed by atoms with Crippen LogP contribution in [0.5, 0.6) is 0 Å². The van der Waals surface area contributed by atoms with E-state index in [1.54, 1.807) is 0 Å². The molecule has 0 atom stereocenters. The molecule has 13 heavy (non-hydrogen) atoms. The van der Waals surface area contributed by atoms with Gasteiger partial charge in [-0.2, -0.15) is 0 Å². The molecular formula is C12H15N. The number of hydrogen-bond donors (Lipinski definition) is 1. The maximum atomic E-state index is 3.04. The van der Waals surface area contributed by atoms with Crippen molar-refractivity contribution in [2.24, 2.45) is 0 Å². The van der Waals surface area contributed by atoms with Gasteiger partial charge >= 0.3 is 0 Å². The maximum Gasteiger partial charge on any atom is -0.00324 e. The first-order valence-electron chi connectivity index (χ1n) is 4.49. The predicted molar refractivity (Wildman–Crippen MR) is 57.2 cm³/mol. The van der Waals surface area contributed by atoms with Crippen molar-refractivity contribution in [1.82, 2.24) is 5.32 Å². The van der Waals surface area contributed by atoms with Gasteiger partial charge in [0.1, 0.15) is 0 Å². The van der Waals surface area contributed by atoms with Crippen molar-refractivity contribution in [3.63, 3.8) is 0 Å². The van der Waals surface area contributed by atoms with E-state index in [4.69, 9.17) is 0 Å². The monoisotopic (exact) mass is 173 g/mol. The first-order chi connectivity index (χ1) is 6.43. The van der Waals surface area contributed by atoms with Crippen molar-refractivity contribution in [3.8, 4) is 0 Å². The molecule has 0 amide bonds. The van der Waals surface area contributed by atoms with Gasteiger partial charge in [0.25, 0.3) is 0 Å². The summed E-state index contributed by atoms with van der Waals surface area (Å²) >= 11 is 0. The average Bonchev–Trinajstić information content (AvgIpc) is 2.19. The second-order valence-electron chi connectivity index (χ2n) is 2.76. The van der Waals surface area contributed by atoms with Crippen LogP contribution in [0.15, 0.2) is 54.9 Å². The summed E-state index contributed by atoms with van der Waals surface area (Å²) in [7, 11) is 0. The zero-order valence-corrected chi connectivity index (χ0v) is 7.90. The molecule has 1 rings (SSSR count). The number of benzene rings is 1. The zero-order chi connectivity index (χ0) is 9.36. The standard InChI is InChI=1S/C12H15N/c1-2-10-13-11-6-9-12-7-4-3-5-8-12/h2-8,10-11,13H,9H2,1H3/b10-2-,11-6+. The molecule has 1 N–H and O–H groups in total. The van der Waals surface area contributed by atoms with Crippen molar-refractivity contribution < 1.29 is 0 Å². The van der Waals surface area contributed by atoms with E-state index in [2.05, 4.69) is 35.7 Å². The molecule has 0 bridgehead atoms. The fourth-order valence-corrected chi connectivity index (χ4v) is 1.03. The van der Waals surface area contributed by atoms with E-state index in [0.717, 1.165) is 6.42 Å². The summed E-state index contributed by atoms with van der Waals surface area (Å²) in [5.41, 5.74) is 1.33. The van der Waals surface area contributed by atoms with Gasteiger partial charge in [0.2, 0.25) is 0 Å². The van der Waals surface area contributed by atoms with Gasteiger partial charge in [-0.3, -0.25) is 0 Å². The molecule has 68 valence electrons. The zero-order valence-electron chi connectivity index (χ0n) is 7.90. The molecule has 0 saturated carbocycles. The predicted octanol–water partition coefficient (Wildman–Crippen LogP) is 2.87. The van der Waals surface area contributed by atoms with Crippen LogP contribution in [-0.4, -0.2) is 0 Å². The summed E-state index contributed by atoms with van der Waals surface area (Å²) in [6, 6.07) is 10.4. The van der Waals surface area contributed by atoms with Crippen molar-refractivity contribution in [1.29, 1.82) is 0 Å². The second-order valence-corrected chi connectivity index (χ2v) is 2.76. The van der Waals surface area contributed by atoms with Gasteiger partial charge in [-0.1, -0.05) is 42.5 Å². The fraction of sp³-hybridized carbons (Fsp3) is 0.167. The van der Waals surface area contributed by atoms with Crippen LogP contribution in [0.3, 0.4) is 0 Å². The third-order valence-electron chi connectivity index (χ3n) is 1.67. The Balaban J connectivity index is 2.31. The summed E-state index contributed by atoms with van der Waals surface area (Å²) in [4.78, 5) is 0. The van der Waals surface area contributed by atoms with Crippen LogP contribution in [0.2, 0.25) is 0 Å². The number of rotatable bonds is 4.